The second-order valence-electron chi connectivity index (χ2n) is 4.22. The lowest BCUT2D eigenvalue weighted by atomic mass is 10.3. The summed E-state index contributed by atoms with van der Waals surface area (Å²) >= 11 is 0. The van der Waals surface area contributed by atoms with E-state index in [2.05, 4.69) is 23.8 Å². The van der Waals surface area contributed by atoms with Gasteiger partial charge in [-0.2, -0.15) is 5.10 Å². The molecule has 2 N–H and O–H groups in total. The van der Waals surface area contributed by atoms with E-state index in [1.165, 1.54) is 4.68 Å². The lowest BCUT2D eigenvalue weighted by molar-refractivity contribution is 0.0531. The average molecular weight is 268 g/mol. The third kappa shape index (κ3) is 4.33. The normalized spacial score (nSPS) is 12.4. The van der Waals surface area contributed by atoms with E-state index in [-0.39, 0.29) is 11.7 Å². The van der Waals surface area contributed by atoms with Crippen LogP contribution in [0.1, 0.15) is 20.8 Å². The summed E-state index contributed by atoms with van der Waals surface area (Å²) < 4.78 is 6.84. The molecule has 1 unspecified atom stereocenters. The van der Waals surface area contributed by atoms with Crippen LogP contribution in [0.2, 0.25) is 0 Å². The number of hydrogen-bond acceptors (Lipinski definition) is 5. The first-order chi connectivity index (χ1) is 9.15. The fourth-order valence-corrected chi connectivity index (χ4v) is 1.95. The van der Waals surface area contributed by atoms with Crippen LogP contribution in [0.25, 0.3) is 0 Å². The fraction of sp³-hybridized carbons (Fsp3) is 0.692. The number of aromatic nitrogens is 2. The molecule has 0 fully saturated rings. The number of nitrogens with two attached hydrogens (primary N) is 1. The van der Waals surface area contributed by atoms with E-state index in [4.69, 9.17) is 10.5 Å². The van der Waals surface area contributed by atoms with E-state index in [1.807, 2.05) is 6.92 Å². The first kappa shape index (κ1) is 15.7. The Morgan fingerprint density at radius 3 is 2.58 bits per heavy atom. The Labute approximate surface area is 114 Å². The highest BCUT2D eigenvalue weighted by molar-refractivity contribution is 5.42. The lowest BCUT2D eigenvalue weighted by Crippen LogP contribution is -2.35. The van der Waals surface area contributed by atoms with Crippen LogP contribution >= 0.6 is 0 Å². The number of hydrogen-bond donors (Lipinski definition) is 1. The van der Waals surface area contributed by atoms with Gasteiger partial charge in [-0.15, -0.1) is 0 Å². The number of ether oxygens (including phenoxy) is 1. The molecule has 1 aromatic heterocycles. The summed E-state index contributed by atoms with van der Waals surface area (Å²) in [6.07, 6.45) is 1.54. The third-order valence-corrected chi connectivity index (χ3v) is 3.03. The minimum atomic E-state index is -0.172. The number of nitrogens with zero attached hydrogens (tertiary/aromatic N) is 3. The first-order valence-electron chi connectivity index (χ1n) is 6.79. The van der Waals surface area contributed by atoms with E-state index in [1.54, 1.807) is 12.3 Å². The minimum absolute atomic E-state index is 0.123. The highest BCUT2D eigenvalue weighted by Crippen LogP contribution is 2.08. The lowest BCUT2D eigenvalue weighted by Gasteiger charge is -2.21. The predicted molar refractivity (Wildman–Crippen MR) is 76.5 cm³/mol. The average Bonchev–Trinajstić information content (AvgIpc) is 2.42. The molecule has 0 radical (unpaired) electrons. The van der Waals surface area contributed by atoms with Gasteiger partial charge < -0.3 is 15.4 Å². The zero-order valence-electron chi connectivity index (χ0n) is 12.0. The molecule has 108 valence electrons. The van der Waals surface area contributed by atoms with Gasteiger partial charge in [0.2, 0.25) is 0 Å². The van der Waals surface area contributed by atoms with Gasteiger partial charge in [-0.3, -0.25) is 4.79 Å². The molecular weight excluding hydrogens is 244 g/mol. The summed E-state index contributed by atoms with van der Waals surface area (Å²) in [6, 6.07) is 1.61. The SMILES string of the molecule is CCOC(CN)Cn1ncc(N(CC)CC)cc1=O. The topological polar surface area (TPSA) is 73.4 Å². The number of anilines is 1. The van der Waals surface area contributed by atoms with Crippen molar-refractivity contribution in [1.82, 2.24) is 9.78 Å². The van der Waals surface area contributed by atoms with Crippen molar-refractivity contribution in [2.24, 2.45) is 5.73 Å². The molecule has 0 aromatic carbocycles. The van der Waals surface area contributed by atoms with Gasteiger partial charge in [-0.25, -0.2) is 4.68 Å². The maximum atomic E-state index is 12.0. The molecule has 0 spiro atoms. The molecule has 0 saturated carbocycles. The molecule has 1 atom stereocenters. The summed E-state index contributed by atoms with van der Waals surface area (Å²) in [7, 11) is 0. The van der Waals surface area contributed by atoms with Crippen molar-refractivity contribution in [3.63, 3.8) is 0 Å². The van der Waals surface area contributed by atoms with Crippen LogP contribution in [0.15, 0.2) is 17.1 Å². The summed E-state index contributed by atoms with van der Waals surface area (Å²) in [6.45, 7) is 9.05. The summed E-state index contributed by atoms with van der Waals surface area (Å²) in [4.78, 5) is 14.1. The molecule has 6 nitrogen and oxygen atoms in total. The molecule has 0 aliphatic heterocycles. The molecule has 1 aromatic rings. The minimum Gasteiger partial charge on any atom is -0.375 e. The zero-order chi connectivity index (χ0) is 14.3. The summed E-state index contributed by atoms with van der Waals surface area (Å²) in [5.74, 6) is 0. The molecule has 0 bridgehead atoms. The van der Waals surface area contributed by atoms with Crippen LogP contribution in [-0.2, 0) is 11.3 Å². The largest absolute Gasteiger partial charge is 0.375 e. The van der Waals surface area contributed by atoms with Gasteiger partial charge >= 0.3 is 0 Å². The Balaban J connectivity index is 2.85. The molecule has 0 saturated heterocycles. The van der Waals surface area contributed by atoms with Crippen LogP contribution in [-0.4, -0.2) is 42.1 Å². The van der Waals surface area contributed by atoms with E-state index >= 15 is 0 Å². The first-order valence-corrected chi connectivity index (χ1v) is 6.79. The quantitative estimate of drug-likeness (QED) is 0.741. The van der Waals surface area contributed by atoms with E-state index in [9.17, 15) is 4.79 Å². The molecular formula is C13H24N4O2. The van der Waals surface area contributed by atoms with E-state index in [0.29, 0.717) is 19.7 Å². The third-order valence-electron chi connectivity index (χ3n) is 3.03. The molecule has 6 heteroatoms. The predicted octanol–water partition coefficient (Wildman–Crippen LogP) is 0.453. The van der Waals surface area contributed by atoms with Gasteiger partial charge in [-0.1, -0.05) is 0 Å². The van der Waals surface area contributed by atoms with E-state index < -0.39 is 0 Å². The van der Waals surface area contributed by atoms with Crippen LogP contribution < -0.4 is 16.2 Å². The standard InChI is InChI=1S/C13H24N4O2/c1-4-16(5-2)11-7-13(18)17(15-9-11)10-12(8-14)19-6-3/h7,9,12H,4-6,8,10,14H2,1-3H3. The van der Waals surface area contributed by atoms with Crippen LogP contribution in [0.5, 0.6) is 0 Å². The molecule has 1 rings (SSSR count). The Morgan fingerprint density at radius 1 is 1.42 bits per heavy atom. The zero-order valence-corrected chi connectivity index (χ0v) is 12.0. The van der Waals surface area contributed by atoms with Gasteiger partial charge in [0, 0.05) is 32.3 Å². The maximum Gasteiger partial charge on any atom is 0.268 e. The Morgan fingerprint density at radius 2 is 2.11 bits per heavy atom. The Kier molecular flexibility index (Phi) is 6.52. The van der Waals surface area contributed by atoms with Gasteiger partial charge in [0.15, 0.2) is 0 Å². The molecule has 0 amide bonds. The van der Waals surface area contributed by atoms with Gasteiger partial charge in [0.05, 0.1) is 24.5 Å². The van der Waals surface area contributed by atoms with Crippen molar-refractivity contribution in [2.45, 2.75) is 33.4 Å². The highest BCUT2D eigenvalue weighted by atomic mass is 16.5. The van der Waals surface area contributed by atoms with Gasteiger partial charge in [0.25, 0.3) is 5.56 Å². The Bertz CT molecular complexity index is 429. The van der Waals surface area contributed by atoms with Crippen molar-refractivity contribution in [1.29, 1.82) is 0 Å². The summed E-state index contributed by atoms with van der Waals surface area (Å²) in [5, 5.41) is 4.19. The maximum absolute atomic E-state index is 12.0. The number of rotatable bonds is 8. The smallest absolute Gasteiger partial charge is 0.268 e. The molecule has 19 heavy (non-hydrogen) atoms. The monoisotopic (exact) mass is 268 g/mol. The molecule has 0 aliphatic carbocycles. The van der Waals surface area contributed by atoms with Gasteiger partial charge in [0.1, 0.15) is 0 Å². The molecule has 0 aliphatic rings. The van der Waals surface area contributed by atoms with Crippen molar-refractivity contribution >= 4 is 5.69 Å². The van der Waals surface area contributed by atoms with Gasteiger partial charge in [-0.05, 0) is 20.8 Å². The Hall–Kier alpha value is -1.40. The fourth-order valence-electron chi connectivity index (χ4n) is 1.95. The van der Waals surface area contributed by atoms with Crippen LogP contribution in [0, 0.1) is 0 Å². The summed E-state index contributed by atoms with van der Waals surface area (Å²) in [5.41, 5.74) is 6.33. The van der Waals surface area contributed by atoms with E-state index in [0.717, 1.165) is 18.8 Å². The van der Waals surface area contributed by atoms with Crippen molar-refractivity contribution in [3.8, 4) is 0 Å². The molecule has 1 heterocycles. The second kappa shape index (κ2) is 7.91. The van der Waals surface area contributed by atoms with Crippen molar-refractivity contribution < 1.29 is 4.74 Å². The second-order valence-corrected chi connectivity index (χ2v) is 4.22. The van der Waals surface area contributed by atoms with Crippen molar-refractivity contribution in [3.05, 3.63) is 22.6 Å². The van der Waals surface area contributed by atoms with Crippen LogP contribution in [0.4, 0.5) is 5.69 Å². The van der Waals surface area contributed by atoms with Crippen LogP contribution in [0.3, 0.4) is 0 Å². The van der Waals surface area contributed by atoms with Crippen molar-refractivity contribution in [2.75, 3.05) is 31.1 Å². The highest BCUT2D eigenvalue weighted by Gasteiger charge is 2.10.